The van der Waals surface area contributed by atoms with E-state index in [0.29, 0.717) is 25.3 Å². The maximum atomic E-state index is 14.2. The average Bonchev–Trinajstić information content (AvgIpc) is 3.29. The number of nitrogens with two attached hydrogens (primary N) is 1. The predicted molar refractivity (Wildman–Crippen MR) is 110 cm³/mol. The van der Waals surface area contributed by atoms with Gasteiger partial charge in [-0.3, -0.25) is 9.89 Å². The van der Waals surface area contributed by atoms with Crippen LogP contribution in [-0.2, 0) is 24.9 Å². The summed E-state index contributed by atoms with van der Waals surface area (Å²) in [6.07, 6.45) is -4.60. The molecule has 0 amide bonds. The average molecular weight is 472 g/mol. The van der Waals surface area contributed by atoms with Gasteiger partial charge in [-0.15, -0.1) is 0 Å². The minimum atomic E-state index is -4.37. The Morgan fingerprint density at radius 2 is 2.06 bits per heavy atom. The number of hydrogen-bond donors (Lipinski definition) is 2. The van der Waals surface area contributed by atoms with Gasteiger partial charge in [-0.05, 0) is 24.6 Å². The van der Waals surface area contributed by atoms with Gasteiger partial charge in [0, 0.05) is 44.8 Å². The van der Waals surface area contributed by atoms with E-state index in [1.807, 2.05) is 0 Å². The maximum Gasteiger partial charge on any atom is 0.405 e. The van der Waals surface area contributed by atoms with Crippen molar-refractivity contribution in [3.63, 3.8) is 0 Å². The highest BCUT2D eigenvalue weighted by Crippen LogP contribution is 2.34. The van der Waals surface area contributed by atoms with Crippen molar-refractivity contribution in [2.75, 3.05) is 20.2 Å². The Morgan fingerprint density at radius 3 is 2.70 bits per heavy atom. The Kier molecular flexibility index (Phi) is 6.43. The van der Waals surface area contributed by atoms with Crippen LogP contribution >= 0.6 is 0 Å². The highest BCUT2D eigenvalue weighted by Gasteiger charge is 2.38. The number of amidine groups is 1. The van der Waals surface area contributed by atoms with Gasteiger partial charge in [-0.1, -0.05) is 0 Å². The number of nitrogens with one attached hydrogen (secondary N) is 1. The molecule has 2 unspecified atom stereocenters. The molecule has 3 atom stereocenters. The summed E-state index contributed by atoms with van der Waals surface area (Å²) >= 11 is 0. The Hall–Kier alpha value is -2.57. The van der Waals surface area contributed by atoms with Crippen LogP contribution < -0.4 is 11.1 Å². The van der Waals surface area contributed by atoms with E-state index in [1.165, 1.54) is 7.05 Å². The summed E-state index contributed by atoms with van der Waals surface area (Å²) in [5, 5.41) is 2.30. The predicted octanol–water partition coefficient (Wildman–Crippen LogP) is 2.40. The summed E-state index contributed by atoms with van der Waals surface area (Å²) in [6, 6.07) is 2.62. The molecular weight excluding hydrogens is 447 g/mol. The van der Waals surface area contributed by atoms with Crippen molar-refractivity contribution < 1.29 is 26.7 Å². The second-order valence-corrected chi connectivity index (χ2v) is 8.31. The third-order valence-electron chi connectivity index (χ3n) is 6.08. The first-order valence-corrected chi connectivity index (χ1v) is 10.5. The van der Waals surface area contributed by atoms with E-state index in [2.05, 4.69) is 20.2 Å². The number of rotatable bonds is 4. The molecule has 180 valence electrons. The van der Waals surface area contributed by atoms with Crippen LogP contribution in [0, 0.1) is 11.6 Å². The van der Waals surface area contributed by atoms with Gasteiger partial charge >= 0.3 is 6.18 Å². The number of hydrogen-bond acceptors (Lipinski definition) is 5. The molecule has 3 N–H and O–H groups in total. The number of benzene rings is 1. The largest absolute Gasteiger partial charge is 0.405 e. The van der Waals surface area contributed by atoms with Crippen molar-refractivity contribution in [3.05, 3.63) is 52.6 Å². The van der Waals surface area contributed by atoms with Crippen LogP contribution in [0.2, 0.25) is 0 Å². The number of aliphatic imine (C=N–C) groups is 1. The van der Waals surface area contributed by atoms with Gasteiger partial charge in [0.25, 0.3) is 0 Å². The molecule has 0 saturated carbocycles. The van der Waals surface area contributed by atoms with Gasteiger partial charge in [0.2, 0.25) is 0 Å². The van der Waals surface area contributed by atoms with Crippen LogP contribution in [-0.4, -0.2) is 58.7 Å². The highest BCUT2D eigenvalue weighted by atomic mass is 19.4. The topological polar surface area (TPSA) is 80.7 Å². The first kappa shape index (κ1) is 23.6. The third kappa shape index (κ3) is 4.87. The lowest BCUT2D eigenvalue weighted by Crippen LogP contribution is -2.48. The van der Waals surface area contributed by atoms with Gasteiger partial charge in [0.1, 0.15) is 24.3 Å². The van der Waals surface area contributed by atoms with E-state index < -0.39 is 36.5 Å². The SMILES string of the molecule is CN=C(NCC(F)(F)F)c1nc2c(n1C)CN(C1CO[C@H](c3cc(F)ccc3F)C(N)C1)C2. The van der Waals surface area contributed by atoms with Gasteiger partial charge in [0.05, 0.1) is 18.0 Å². The number of nitrogens with zero attached hydrogens (tertiary/aromatic N) is 4. The van der Waals surface area contributed by atoms with Crippen LogP contribution in [0.1, 0.15) is 35.3 Å². The Morgan fingerprint density at radius 1 is 1.30 bits per heavy atom. The molecule has 1 saturated heterocycles. The second kappa shape index (κ2) is 8.99. The number of ether oxygens (including phenoxy) is 1. The van der Waals surface area contributed by atoms with Crippen molar-refractivity contribution in [1.29, 1.82) is 0 Å². The zero-order valence-electron chi connectivity index (χ0n) is 18.2. The number of imidazole rings is 1. The molecular formula is C21H25F5N6O. The number of fused-ring (bicyclic) bond motifs is 1. The molecule has 3 heterocycles. The molecule has 33 heavy (non-hydrogen) atoms. The van der Waals surface area contributed by atoms with Gasteiger partial charge in [-0.25, -0.2) is 13.8 Å². The van der Waals surface area contributed by atoms with Crippen molar-refractivity contribution in [2.45, 2.75) is 43.9 Å². The Bertz CT molecular complexity index is 1050. The van der Waals surface area contributed by atoms with Crippen molar-refractivity contribution in [1.82, 2.24) is 19.8 Å². The molecule has 2 aliphatic rings. The normalized spacial score (nSPS) is 24.2. The minimum absolute atomic E-state index is 0.0619. The molecule has 4 rings (SSSR count). The first-order chi connectivity index (χ1) is 15.6. The molecule has 1 aromatic heterocycles. The summed E-state index contributed by atoms with van der Waals surface area (Å²) in [5.74, 6) is -0.711. The zero-order chi connectivity index (χ0) is 23.9. The number of halogens is 5. The van der Waals surface area contributed by atoms with E-state index in [0.717, 1.165) is 29.6 Å². The van der Waals surface area contributed by atoms with E-state index in [9.17, 15) is 22.0 Å². The van der Waals surface area contributed by atoms with Gasteiger partial charge in [0.15, 0.2) is 11.7 Å². The molecule has 12 heteroatoms. The lowest BCUT2D eigenvalue weighted by molar-refractivity contribution is -0.121. The van der Waals surface area contributed by atoms with E-state index >= 15 is 0 Å². The summed E-state index contributed by atoms with van der Waals surface area (Å²) in [5.41, 5.74) is 7.99. The van der Waals surface area contributed by atoms with E-state index in [-0.39, 0.29) is 24.0 Å². The molecule has 0 radical (unpaired) electrons. The molecule has 7 nitrogen and oxygen atoms in total. The number of alkyl halides is 3. The fourth-order valence-corrected chi connectivity index (χ4v) is 4.42. The lowest BCUT2D eigenvalue weighted by atomic mass is 9.93. The van der Waals surface area contributed by atoms with Crippen molar-refractivity contribution >= 4 is 5.84 Å². The fraction of sp³-hybridized carbons (Fsp3) is 0.524. The molecule has 0 spiro atoms. The molecule has 2 aliphatic heterocycles. The van der Waals surface area contributed by atoms with Crippen LogP contribution in [0.25, 0.3) is 0 Å². The fourth-order valence-electron chi connectivity index (χ4n) is 4.42. The van der Waals surface area contributed by atoms with E-state index in [4.69, 9.17) is 10.5 Å². The van der Waals surface area contributed by atoms with Gasteiger partial charge < -0.3 is 20.4 Å². The summed E-state index contributed by atoms with van der Waals surface area (Å²) in [6.45, 7) is 0.0612. The Balaban J connectivity index is 1.42. The lowest BCUT2D eigenvalue weighted by Gasteiger charge is -2.38. The van der Waals surface area contributed by atoms with Crippen LogP contribution in [0.4, 0.5) is 22.0 Å². The van der Waals surface area contributed by atoms with Crippen LogP contribution in [0.5, 0.6) is 0 Å². The zero-order valence-corrected chi connectivity index (χ0v) is 18.2. The molecule has 0 aliphatic carbocycles. The first-order valence-electron chi connectivity index (χ1n) is 10.5. The second-order valence-electron chi connectivity index (χ2n) is 8.31. The van der Waals surface area contributed by atoms with Crippen LogP contribution in [0.15, 0.2) is 23.2 Å². The third-order valence-corrected chi connectivity index (χ3v) is 6.08. The highest BCUT2D eigenvalue weighted by molar-refractivity contribution is 5.95. The molecule has 2 aromatic rings. The van der Waals surface area contributed by atoms with Crippen molar-refractivity contribution in [3.8, 4) is 0 Å². The maximum absolute atomic E-state index is 14.2. The monoisotopic (exact) mass is 472 g/mol. The summed E-state index contributed by atoms with van der Waals surface area (Å²) in [7, 11) is 3.14. The summed E-state index contributed by atoms with van der Waals surface area (Å²) in [4.78, 5) is 10.5. The number of aromatic nitrogens is 2. The minimum Gasteiger partial charge on any atom is -0.370 e. The smallest absolute Gasteiger partial charge is 0.370 e. The van der Waals surface area contributed by atoms with Crippen molar-refractivity contribution in [2.24, 2.45) is 17.8 Å². The molecule has 1 fully saturated rings. The van der Waals surface area contributed by atoms with Crippen LogP contribution in [0.3, 0.4) is 0 Å². The molecule has 1 aromatic carbocycles. The summed E-state index contributed by atoms with van der Waals surface area (Å²) < 4.78 is 73.1. The molecule has 0 bridgehead atoms. The van der Waals surface area contributed by atoms with E-state index in [1.54, 1.807) is 11.6 Å². The standard InChI is InChI=1S/C21H25F5N6O/c1-28-19(29-10-21(24,25)26)20-30-16-7-32(8-17(16)31(20)2)12-6-15(27)18(33-9-12)13-5-11(22)3-4-14(13)23/h3-5,12,15,18H,6-10,27H2,1-2H3,(H,28,29)/t12?,15?,18-/m1/s1. The Labute approximate surface area is 187 Å². The van der Waals surface area contributed by atoms with Gasteiger partial charge in [-0.2, -0.15) is 13.2 Å². The quantitative estimate of drug-likeness (QED) is 0.406.